The lowest BCUT2D eigenvalue weighted by Gasteiger charge is -2.36. The fourth-order valence-electron chi connectivity index (χ4n) is 4.31. The molecule has 2 saturated heterocycles. The smallest absolute Gasteiger partial charge is 0.251 e. The first-order valence-electron chi connectivity index (χ1n) is 11.5. The number of hydrogen-bond donors (Lipinski definition) is 1. The Morgan fingerprint density at radius 2 is 1.55 bits per heavy atom. The van der Waals surface area contributed by atoms with E-state index in [0.717, 1.165) is 51.3 Å². The van der Waals surface area contributed by atoms with Crippen molar-refractivity contribution in [1.29, 1.82) is 0 Å². The number of carbonyl (C=O) groups is 1. The summed E-state index contributed by atoms with van der Waals surface area (Å²) in [5.74, 6) is 0.674. The molecular weight excluding hydrogens is 440 g/mol. The summed E-state index contributed by atoms with van der Waals surface area (Å²) in [6.07, 6.45) is 1.80. The molecule has 0 radical (unpaired) electrons. The van der Waals surface area contributed by atoms with Crippen molar-refractivity contribution in [2.45, 2.75) is 17.7 Å². The average Bonchev–Trinajstić information content (AvgIpc) is 3.41. The largest absolute Gasteiger partial charge is 0.497 e. The first kappa shape index (κ1) is 23.5. The topological polar surface area (TPSA) is 82.2 Å². The standard InChI is InChI=1S/C24H32N4O4S/c1-32-22-8-6-21(7-9-22)27-18-16-26(17-19-27)15-12-25-24(29)20-4-10-23(11-5-20)33(30,31)28-13-2-3-14-28/h4-11H,2-3,12-19H2,1H3,(H,25,29). The maximum absolute atomic E-state index is 12.6. The van der Waals surface area contributed by atoms with Crippen molar-refractivity contribution in [2.75, 3.05) is 64.4 Å². The third-order valence-electron chi connectivity index (χ3n) is 6.34. The molecule has 1 amide bonds. The average molecular weight is 473 g/mol. The highest BCUT2D eigenvalue weighted by Crippen LogP contribution is 2.22. The molecule has 0 aromatic heterocycles. The SMILES string of the molecule is COc1ccc(N2CCN(CCNC(=O)c3ccc(S(=O)(=O)N4CCCC4)cc3)CC2)cc1. The Kier molecular flexibility index (Phi) is 7.52. The van der Waals surface area contributed by atoms with E-state index in [1.165, 1.54) is 22.1 Å². The summed E-state index contributed by atoms with van der Waals surface area (Å²) in [6.45, 7) is 6.22. The molecule has 0 unspecified atom stereocenters. The Morgan fingerprint density at radius 3 is 2.15 bits per heavy atom. The molecule has 178 valence electrons. The van der Waals surface area contributed by atoms with E-state index in [0.29, 0.717) is 25.2 Å². The Bertz CT molecular complexity index is 1030. The number of sulfonamides is 1. The highest BCUT2D eigenvalue weighted by atomic mass is 32.2. The van der Waals surface area contributed by atoms with E-state index in [9.17, 15) is 13.2 Å². The number of carbonyl (C=O) groups excluding carboxylic acids is 1. The van der Waals surface area contributed by atoms with Crippen molar-refractivity contribution < 1.29 is 17.9 Å². The summed E-state index contributed by atoms with van der Waals surface area (Å²) in [7, 11) is -1.79. The van der Waals surface area contributed by atoms with Crippen LogP contribution in [-0.4, -0.2) is 83.0 Å². The van der Waals surface area contributed by atoms with Gasteiger partial charge in [-0.1, -0.05) is 0 Å². The van der Waals surface area contributed by atoms with Crippen molar-refractivity contribution in [1.82, 2.24) is 14.5 Å². The van der Waals surface area contributed by atoms with Crippen LogP contribution in [-0.2, 0) is 10.0 Å². The lowest BCUT2D eigenvalue weighted by molar-refractivity contribution is 0.0947. The zero-order valence-corrected chi connectivity index (χ0v) is 19.9. The lowest BCUT2D eigenvalue weighted by atomic mass is 10.2. The van der Waals surface area contributed by atoms with Gasteiger partial charge in [0.05, 0.1) is 12.0 Å². The Labute approximate surface area is 196 Å². The van der Waals surface area contributed by atoms with Crippen LogP contribution < -0.4 is 15.0 Å². The minimum absolute atomic E-state index is 0.183. The fourth-order valence-corrected chi connectivity index (χ4v) is 5.83. The van der Waals surface area contributed by atoms with Crippen LogP contribution in [0.2, 0.25) is 0 Å². The van der Waals surface area contributed by atoms with Gasteiger partial charge in [0.1, 0.15) is 5.75 Å². The van der Waals surface area contributed by atoms with Crippen LogP contribution in [0.25, 0.3) is 0 Å². The molecule has 0 atom stereocenters. The zero-order valence-electron chi connectivity index (χ0n) is 19.1. The Hall–Kier alpha value is -2.62. The molecule has 2 aliphatic heterocycles. The van der Waals surface area contributed by atoms with Gasteiger partial charge >= 0.3 is 0 Å². The van der Waals surface area contributed by atoms with Gasteiger partial charge in [-0.2, -0.15) is 4.31 Å². The summed E-state index contributed by atoms with van der Waals surface area (Å²) in [4.78, 5) is 17.4. The zero-order chi connectivity index (χ0) is 23.3. The number of benzene rings is 2. The molecule has 2 fully saturated rings. The number of piperazine rings is 1. The molecule has 33 heavy (non-hydrogen) atoms. The normalized spacial score (nSPS) is 17.8. The second-order valence-corrected chi connectivity index (χ2v) is 10.4. The molecule has 0 aliphatic carbocycles. The summed E-state index contributed by atoms with van der Waals surface area (Å²) in [5, 5.41) is 2.95. The first-order chi connectivity index (χ1) is 16.0. The number of methoxy groups -OCH3 is 1. The van der Waals surface area contributed by atoms with E-state index < -0.39 is 10.0 Å². The number of hydrogen-bond acceptors (Lipinski definition) is 6. The number of ether oxygens (including phenoxy) is 1. The molecular formula is C24H32N4O4S. The van der Waals surface area contributed by atoms with Gasteiger partial charge in [-0.05, 0) is 61.4 Å². The molecule has 8 nitrogen and oxygen atoms in total. The summed E-state index contributed by atoms with van der Waals surface area (Å²) in [5.41, 5.74) is 1.67. The van der Waals surface area contributed by atoms with Crippen molar-refractivity contribution in [3.63, 3.8) is 0 Å². The summed E-state index contributed by atoms with van der Waals surface area (Å²) in [6, 6.07) is 14.4. The van der Waals surface area contributed by atoms with Crippen molar-refractivity contribution in [3.05, 3.63) is 54.1 Å². The maximum atomic E-state index is 12.6. The molecule has 0 spiro atoms. The van der Waals surface area contributed by atoms with Gasteiger partial charge < -0.3 is 15.0 Å². The van der Waals surface area contributed by atoms with Gasteiger partial charge in [-0.3, -0.25) is 9.69 Å². The molecule has 2 aromatic rings. The van der Waals surface area contributed by atoms with E-state index in [-0.39, 0.29) is 10.8 Å². The number of rotatable bonds is 8. The molecule has 9 heteroatoms. The number of nitrogens with one attached hydrogen (secondary N) is 1. The molecule has 2 heterocycles. The third-order valence-corrected chi connectivity index (χ3v) is 8.26. The van der Waals surface area contributed by atoms with Crippen LogP contribution in [0.15, 0.2) is 53.4 Å². The van der Waals surface area contributed by atoms with Gasteiger partial charge in [0.15, 0.2) is 0 Å². The van der Waals surface area contributed by atoms with E-state index in [1.807, 2.05) is 12.1 Å². The van der Waals surface area contributed by atoms with Gasteiger partial charge in [-0.15, -0.1) is 0 Å². The predicted molar refractivity (Wildman–Crippen MR) is 128 cm³/mol. The minimum Gasteiger partial charge on any atom is -0.497 e. The van der Waals surface area contributed by atoms with E-state index >= 15 is 0 Å². The van der Waals surface area contributed by atoms with Crippen LogP contribution in [0.1, 0.15) is 23.2 Å². The number of nitrogens with zero attached hydrogens (tertiary/aromatic N) is 3. The van der Waals surface area contributed by atoms with Crippen molar-refractivity contribution >= 4 is 21.6 Å². The van der Waals surface area contributed by atoms with Crippen LogP contribution in [0.5, 0.6) is 5.75 Å². The molecule has 2 aliphatic rings. The highest BCUT2D eigenvalue weighted by molar-refractivity contribution is 7.89. The number of anilines is 1. The van der Waals surface area contributed by atoms with Gasteiger partial charge in [0, 0.05) is 63.6 Å². The maximum Gasteiger partial charge on any atom is 0.251 e. The van der Waals surface area contributed by atoms with E-state index in [2.05, 4.69) is 27.2 Å². The Morgan fingerprint density at radius 1 is 0.909 bits per heavy atom. The lowest BCUT2D eigenvalue weighted by Crippen LogP contribution is -2.48. The predicted octanol–water partition coefficient (Wildman–Crippen LogP) is 2.03. The summed E-state index contributed by atoms with van der Waals surface area (Å²) >= 11 is 0. The van der Waals surface area contributed by atoms with Crippen molar-refractivity contribution in [3.8, 4) is 5.75 Å². The van der Waals surface area contributed by atoms with Crippen molar-refractivity contribution in [2.24, 2.45) is 0 Å². The van der Waals surface area contributed by atoms with Gasteiger partial charge in [0.2, 0.25) is 10.0 Å². The molecule has 0 saturated carbocycles. The van der Waals surface area contributed by atoms with Crippen LogP contribution in [0.3, 0.4) is 0 Å². The second kappa shape index (κ2) is 10.5. The van der Waals surface area contributed by atoms with Crippen LogP contribution in [0, 0.1) is 0 Å². The molecule has 4 rings (SSSR count). The van der Waals surface area contributed by atoms with Crippen LogP contribution >= 0.6 is 0 Å². The first-order valence-corrected chi connectivity index (χ1v) is 12.9. The monoisotopic (exact) mass is 472 g/mol. The van der Waals surface area contributed by atoms with Gasteiger partial charge in [0.25, 0.3) is 5.91 Å². The fraction of sp³-hybridized carbons (Fsp3) is 0.458. The summed E-state index contributed by atoms with van der Waals surface area (Å²) < 4.78 is 32.0. The Balaban J connectivity index is 1.21. The van der Waals surface area contributed by atoms with Gasteiger partial charge in [-0.25, -0.2) is 8.42 Å². The van der Waals surface area contributed by atoms with E-state index in [1.54, 1.807) is 19.2 Å². The highest BCUT2D eigenvalue weighted by Gasteiger charge is 2.27. The van der Waals surface area contributed by atoms with Crippen LogP contribution in [0.4, 0.5) is 5.69 Å². The molecule has 1 N–H and O–H groups in total. The minimum atomic E-state index is -3.46. The van der Waals surface area contributed by atoms with E-state index in [4.69, 9.17) is 4.74 Å². The third kappa shape index (κ3) is 5.66. The molecule has 0 bridgehead atoms. The second-order valence-electron chi connectivity index (χ2n) is 8.42. The quantitative estimate of drug-likeness (QED) is 0.633. The molecule has 2 aromatic carbocycles. The number of amides is 1.